The molecule has 2 atom stereocenters. The van der Waals surface area contributed by atoms with Crippen molar-refractivity contribution in [2.45, 2.75) is 129 Å². The Kier molecular flexibility index (Phi) is 9.44. The third-order valence-corrected chi connectivity index (χ3v) is 13.3. The van der Waals surface area contributed by atoms with Crippen molar-refractivity contribution in [3.05, 3.63) is 0 Å². The van der Waals surface area contributed by atoms with Crippen LogP contribution in [0.5, 0.6) is 0 Å². The number of ether oxygens (including phenoxy) is 2. The van der Waals surface area contributed by atoms with Gasteiger partial charge in [0.15, 0.2) is 0 Å². The molecule has 8 rings (SSSR count). The van der Waals surface area contributed by atoms with Gasteiger partial charge in [0, 0.05) is 0 Å². The summed E-state index contributed by atoms with van der Waals surface area (Å²) in [6, 6.07) is 0. The maximum atomic E-state index is 15.4. The molecule has 0 aromatic heterocycles. The Morgan fingerprint density at radius 1 is 0.273 bits per heavy atom. The molecule has 8 saturated carbocycles. The number of hydrogen-bond acceptors (Lipinski definition) is 4. The summed E-state index contributed by atoms with van der Waals surface area (Å²) in [5.74, 6) is -120. The molecule has 8 fully saturated rings. The van der Waals surface area contributed by atoms with Gasteiger partial charge in [0.1, 0.15) is 25.4 Å². The van der Waals surface area contributed by atoms with E-state index in [1.54, 1.807) is 0 Å². The minimum atomic E-state index is -8.76. The van der Waals surface area contributed by atoms with Gasteiger partial charge in [-0.05, 0) is 0 Å². The van der Waals surface area contributed by atoms with Crippen molar-refractivity contribution >= 4 is 0 Å². The summed E-state index contributed by atoms with van der Waals surface area (Å²) in [4.78, 5) is 0. The summed E-state index contributed by atoms with van der Waals surface area (Å²) in [6.45, 7) is -14.0. The van der Waals surface area contributed by atoms with E-state index in [9.17, 15) is 62.9 Å². The second-order valence-corrected chi connectivity index (χ2v) is 15.9. The molecule has 0 saturated heterocycles. The van der Waals surface area contributed by atoms with Crippen molar-refractivity contribution < 1.29 is 169 Å². The van der Waals surface area contributed by atoms with Gasteiger partial charge in [-0.1, -0.05) is 0 Å². The first-order chi connectivity index (χ1) is 28.5. The summed E-state index contributed by atoms with van der Waals surface area (Å²) in [6.07, 6.45) is -7.43. The molecule has 4 nitrogen and oxygen atoms in total. The fraction of sp³-hybridized carbons (Fsp3) is 1.00. The van der Waals surface area contributed by atoms with Crippen LogP contribution >= 0.6 is 0 Å². The summed E-state index contributed by atoms with van der Waals surface area (Å²) in [5.41, 5.74) is -68.6. The van der Waals surface area contributed by atoms with Crippen LogP contribution < -0.4 is 0 Å². The highest BCUT2D eigenvalue weighted by atomic mass is 19.4. The molecule has 0 heterocycles. The van der Waals surface area contributed by atoms with Gasteiger partial charge < -0.3 is 19.7 Å². The topological polar surface area (TPSA) is 58.9 Å². The van der Waals surface area contributed by atoms with Crippen LogP contribution in [-0.4, -0.2) is 166 Å². The number of alkyl halides is 34. The average molecular weight is 1060 g/mol. The highest BCUT2D eigenvalue weighted by molar-refractivity contribution is 5.56. The van der Waals surface area contributed by atoms with Crippen LogP contribution in [0, 0.1) is 10.8 Å². The van der Waals surface area contributed by atoms with Gasteiger partial charge in [0.25, 0.3) is 11.8 Å². The van der Waals surface area contributed by atoms with Gasteiger partial charge in [-0.15, -0.1) is 0 Å². The Labute approximate surface area is 336 Å². The molecule has 66 heavy (non-hydrogen) atoms. The molecule has 8 bridgehead atoms. The van der Waals surface area contributed by atoms with E-state index in [0.29, 0.717) is 0 Å². The lowest BCUT2D eigenvalue weighted by atomic mass is 9.35. The molecule has 2 N–H and O–H groups in total. The van der Waals surface area contributed by atoms with Crippen LogP contribution in [-0.2, 0) is 9.47 Å². The highest BCUT2D eigenvalue weighted by Crippen LogP contribution is 2.94. The molecule has 386 valence electrons. The predicted octanol–water partition coefficient (Wildman–Crippen LogP) is 8.94. The second kappa shape index (κ2) is 11.8. The van der Waals surface area contributed by atoms with E-state index in [1.165, 1.54) is 0 Å². The van der Waals surface area contributed by atoms with Gasteiger partial charge in [0.05, 0.1) is 13.2 Å². The van der Waals surface area contributed by atoms with Crippen LogP contribution in [0.15, 0.2) is 0 Å². The number of aliphatic hydroxyl groups excluding tert-OH is 2. The van der Waals surface area contributed by atoms with Gasteiger partial charge in [-0.2, -0.15) is 52.7 Å². The minimum absolute atomic E-state index is 2.82. The summed E-state index contributed by atoms with van der Waals surface area (Å²) in [7, 11) is 0. The number of halogens is 34. The van der Waals surface area contributed by atoms with Crippen molar-refractivity contribution in [2.24, 2.45) is 10.8 Å². The second-order valence-electron chi connectivity index (χ2n) is 15.9. The van der Waals surface area contributed by atoms with Crippen LogP contribution in [0.3, 0.4) is 0 Å². The smallest absolute Gasteiger partial charge is 0.339 e. The van der Waals surface area contributed by atoms with E-state index in [0.717, 1.165) is 0 Å². The number of aliphatic hydroxyl groups is 2. The first kappa shape index (κ1) is 52.8. The van der Waals surface area contributed by atoms with E-state index in [1.807, 2.05) is 0 Å². The van der Waals surface area contributed by atoms with Crippen molar-refractivity contribution in [3.63, 3.8) is 0 Å². The molecule has 0 aromatic carbocycles. The average Bonchev–Trinajstić information content (AvgIpc) is 3.10. The van der Waals surface area contributed by atoms with Gasteiger partial charge >= 0.3 is 105 Å². The zero-order chi connectivity index (χ0) is 52.4. The fourth-order valence-electron chi connectivity index (χ4n) is 10.1. The molecule has 0 amide bonds. The van der Waals surface area contributed by atoms with E-state index in [2.05, 4.69) is 9.47 Å². The lowest BCUT2D eigenvalue weighted by molar-refractivity contribution is -0.629. The molecule has 0 aliphatic heterocycles. The third-order valence-electron chi connectivity index (χ3n) is 13.3. The Morgan fingerprint density at radius 2 is 0.409 bits per heavy atom. The zero-order valence-corrected chi connectivity index (χ0v) is 29.5. The Balaban J connectivity index is 1.29. The maximum Gasteiger partial charge on any atom is 0.339 e. The standard InChI is InChI=1S/C28H12F34O4/c29-7(30,9-17(39,40)11(33)23(51,52)12(34,18(9,41)42)25(55,56)13(35,19(9,43)44)24(11,53)54)3-65-1-5(63)6(64)2-66-4-8(31,32)10-20(45,46)14(36)26(57,58)15(37,21(10,47)48)28(61,62)16(38,22(10,49)50)27(14,59)60/h5-6,63-64H,1-4H2. The van der Waals surface area contributed by atoms with Crippen molar-refractivity contribution in [3.8, 4) is 0 Å². The van der Waals surface area contributed by atoms with Crippen molar-refractivity contribution in [2.75, 3.05) is 26.4 Å². The predicted molar refractivity (Wildman–Crippen MR) is 131 cm³/mol. The molecular weight excluding hydrogens is 1050 g/mol. The van der Waals surface area contributed by atoms with E-state index in [-0.39, 0.29) is 0 Å². The molecular formula is C28H12F34O4. The quantitative estimate of drug-likeness (QED) is 0.203. The summed E-state index contributed by atoms with van der Waals surface area (Å²) < 4.78 is 517. The van der Waals surface area contributed by atoms with Crippen LogP contribution in [0.4, 0.5) is 149 Å². The highest BCUT2D eigenvalue weighted by Gasteiger charge is 3.26. The monoisotopic (exact) mass is 1060 g/mol. The Hall–Kier alpha value is -2.54. The summed E-state index contributed by atoms with van der Waals surface area (Å²) in [5, 5.41) is 19.4. The maximum absolute atomic E-state index is 15.4. The molecule has 0 spiro atoms. The van der Waals surface area contributed by atoms with Crippen molar-refractivity contribution in [1.82, 2.24) is 0 Å². The summed E-state index contributed by atoms with van der Waals surface area (Å²) >= 11 is 0. The first-order valence-corrected chi connectivity index (χ1v) is 16.5. The van der Waals surface area contributed by atoms with Crippen LogP contribution in [0.1, 0.15) is 0 Å². The van der Waals surface area contributed by atoms with Crippen LogP contribution in [0.2, 0.25) is 0 Å². The largest absolute Gasteiger partial charge is 0.388 e. The fourth-order valence-corrected chi connectivity index (χ4v) is 10.1. The van der Waals surface area contributed by atoms with E-state index in [4.69, 9.17) is 0 Å². The minimum Gasteiger partial charge on any atom is -0.388 e. The lowest BCUT2D eigenvalue weighted by Crippen LogP contribution is -3.09. The SMILES string of the molecule is OC(COCC(F)(F)C12C(F)(F)C3(F)C(F)(F)C(F)(C(F)(F)C(F)(C3(F)F)C1(F)F)C2(F)F)C(O)COCC(F)(F)C12C(F)(F)C3(F)C(F)(F)C(F)(C(F)(F)C(F)(C3(F)F)C1(F)F)C2(F)F. The molecule has 0 radical (unpaired) electrons. The van der Waals surface area contributed by atoms with Gasteiger partial charge in [0.2, 0.25) is 10.8 Å². The molecule has 8 aliphatic carbocycles. The Morgan fingerprint density at radius 3 is 0.545 bits per heavy atom. The van der Waals surface area contributed by atoms with Gasteiger partial charge in [-0.25, -0.2) is 96.6 Å². The van der Waals surface area contributed by atoms with E-state index < -0.39 is 166 Å². The molecule has 8 aliphatic rings. The lowest BCUT2D eigenvalue weighted by Gasteiger charge is -2.75. The zero-order valence-electron chi connectivity index (χ0n) is 29.5. The number of hydrogen-bond donors (Lipinski definition) is 2. The molecule has 2 unspecified atom stereocenters. The number of rotatable bonds is 11. The van der Waals surface area contributed by atoms with Crippen LogP contribution in [0.25, 0.3) is 0 Å². The Bertz CT molecular complexity index is 1710. The molecule has 0 aromatic rings. The molecule has 38 heteroatoms. The first-order valence-electron chi connectivity index (χ1n) is 16.5. The van der Waals surface area contributed by atoms with Gasteiger partial charge in [-0.3, -0.25) is 0 Å². The van der Waals surface area contributed by atoms with E-state index >= 15 is 96.6 Å². The van der Waals surface area contributed by atoms with Crippen molar-refractivity contribution in [1.29, 1.82) is 0 Å². The normalized spacial score (nSPS) is 46.5. The third kappa shape index (κ3) is 3.61.